The molecular formula is C15H23N5O2. The van der Waals surface area contributed by atoms with Crippen LogP contribution in [0.5, 0.6) is 0 Å². The zero-order chi connectivity index (χ0) is 15.7. The minimum atomic E-state index is -0.369. The molecule has 1 saturated heterocycles. The van der Waals surface area contributed by atoms with Crippen LogP contribution >= 0.6 is 0 Å². The highest BCUT2D eigenvalue weighted by Gasteiger charge is 2.31. The molecule has 120 valence electrons. The molecule has 2 aliphatic rings. The third-order valence-electron chi connectivity index (χ3n) is 4.64. The molecule has 3 rings (SSSR count). The standard InChI is InChI=1S/C15H23N5O2/c1-18-7-5-12(14(18)21)17-15(22)19(2)9-11-3-4-13-16-6-8-20(13)10-11/h6,8,11-12H,3-5,7,9-10H2,1-2H3,(H,17,22)/t11-,12+/m0/s1. The highest BCUT2D eigenvalue weighted by atomic mass is 16.2. The maximum Gasteiger partial charge on any atom is 0.317 e. The van der Waals surface area contributed by atoms with E-state index in [1.165, 1.54) is 0 Å². The number of imidazole rings is 1. The lowest BCUT2D eigenvalue weighted by molar-refractivity contribution is -0.128. The van der Waals surface area contributed by atoms with Crippen LogP contribution < -0.4 is 5.32 Å². The molecule has 0 bridgehead atoms. The second-order valence-corrected chi connectivity index (χ2v) is 6.33. The molecular weight excluding hydrogens is 282 g/mol. The molecule has 1 aromatic heterocycles. The van der Waals surface area contributed by atoms with Crippen molar-refractivity contribution in [2.45, 2.75) is 31.8 Å². The van der Waals surface area contributed by atoms with Crippen molar-refractivity contribution in [3.05, 3.63) is 18.2 Å². The van der Waals surface area contributed by atoms with Crippen LogP contribution in [0.25, 0.3) is 0 Å². The third-order valence-corrected chi connectivity index (χ3v) is 4.64. The van der Waals surface area contributed by atoms with Crippen molar-refractivity contribution in [1.82, 2.24) is 24.7 Å². The van der Waals surface area contributed by atoms with Crippen LogP contribution in [0.15, 0.2) is 12.4 Å². The number of nitrogens with zero attached hydrogens (tertiary/aromatic N) is 4. The number of nitrogens with one attached hydrogen (secondary N) is 1. The summed E-state index contributed by atoms with van der Waals surface area (Å²) < 4.78 is 2.16. The molecule has 3 heterocycles. The first-order valence-electron chi connectivity index (χ1n) is 7.81. The van der Waals surface area contributed by atoms with Crippen molar-refractivity contribution in [3.63, 3.8) is 0 Å². The third kappa shape index (κ3) is 2.93. The molecule has 7 nitrogen and oxygen atoms in total. The molecule has 0 unspecified atom stereocenters. The summed E-state index contributed by atoms with van der Waals surface area (Å²) in [6.45, 7) is 2.30. The topological polar surface area (TPSA) is 70.5 Å². The van der Waals surface area contributed by atoms with Gasteiger partial charge in [0.15, 0.2) is 0 Å². The SMILES string of the molecule is CN(C[C@@H]1CCc2nccn2C1)C(=O)N[C@@H]1CCN(C)C1=O. The molecule has 0 aliphatic carbocycles. The number of carbonyl (C=O) groups is 2. The molecule has 1 fully saturated rings. The van der Waals surface area contributed by atoms with E-state index in [9.17, 15) is 9.59 Å². The number of likely N-dealkylation sites (tertiary alicyclic amines) is 1. The van der Waals surface area contributed by atoms with Gasteiger partial charge in [0.1, 0.15) is 11.9 Å². The first kappa shape index (κ1) is 14.9. The van der Waals surface area contributed by atoms with Gasteiger partial charge in [-0.1, -0.05) is 0 Å². The van der Waals surface area contributed by atoms with Gasteiger partial charge >= 0.3 is 6.03 Å². The summed E-state index contributed by atoms with van der Waals surface area (Å²) in [6.07, 6.45) is 6.51. The first-order chi connectivity index (χ1) is 10.5. The highest BCUT2D eigenvalue weighted by Crippen LogP contribution is 2.19. The van der Waals surface area contributed by atoms with Crippen LogP contribution in [0.2, 0.25) is 0 Å². The van der Waals surface area contributed by atoms with Crippen LogP contribution in [0, 0.1) is 5.92 Å². The number of fused-ring (bicyclic) bond motifs is 1. The van der Waals surface area contributed by atoms with Gasteiger partial charge in [0.2, 0.25) is 5.91 Å². The Morgan fingerprint density at radius 3 is 3.05 bits per heavy atom. The monoisotopic (exact) mass is 305 g/mol. The minimum absolute atomic E-state index is 0.00229. The van der Waals surface area contributed by atoms with E-state index in [4.69, 9.17) is 0 Å². The number of hydrogen-bond acceptors (Lipinski definition) is 3. The Hall–Kier alpha value is -2.05. The van der Waals surface area contributed by atoms with Gasteiger partial charge in [-0.2, -0.15) is 0 Å². The molecule has 7 heteroatoms. The highest BCUT2D eigenvalue weighted by molar-refractivity contribution is 5.88. The zero-order valence-corrected chi connectivity index (χ0v) is 13.2. The number of likely N-dealkylation sites (N-methyl/N-ethyl adjacent to an activating group) is 1. The number of urea groups is 1. The van der Waals surface area contributed by atoms with Gasteiger partial charge in [-0.15, -0.1) is 0 Å². The average molecular weight is 305 g/mol. The summed E-state index contributed by atoms with van der Waals surface area (Å²) in [5.41, 5.74) is 0. The Balaban J connectivity index is 1.51. The molecule has 0 spiro atoms. The van der Waals surface area contributed by atoms with Gasteiger partial charge in [-0.05, 0) is 18.8 Å². The Bertz CT molecular complexity index is 570. The fourth-order valence-corrected chi connectivity index (χ4v) is 3.27. The summed E-state index contributed by atoms with van der Waals surface area (Å²) in [4.78, 5) is 31.8. The first-order valence-corrected chi connectivity index (χ1v) is 7.81. The molecule has 0 saturated carbocycles. The number of rotatable bonds is 3. The number of carbonyl (C=O) groups excluding carboxylic acids is 2. The van der Waals surface area contributed by atoms with E-state index < -0.39 is 0 Å². The quantitative estimate of drug-likeness (QED) is 0.874. The number of hydrogen-bond donors (Lipinski definition) is 1. The van der Waals surface area contributed by atoms with Crippen LogP contribution in [0.4, 0.5) is 4.79 Å². The van der Waals surface area contributed by atoms with E-state index >= 15 is 0 Å². The Morgan fingerprint density at radius 1 is 1.50 bits per heavy atom. The molecule has 0 radical (unpaired) electrons. The van der Waals surface area contributed by atoms with Crippen molar-refractivity contribution in [2.24, 2.45) is 5.92 Å². The number of amides is 3. The summed E-state index contributed by atoms with van der Waals surface area (Å²) in [5, 5.41) is 2.84. The predicted octanol–water partition coefficient (Wildman–Crippen LogP) is 0.318. The molecule has 2 aliphatic heterocycles. The predicted molar refractivity (Wildman–Crippen MR) is 81.2 cm³/mol. The Labute approximate surface area is 130 Å². The summed E-state index contributed by atoms with van der Waals surface area (Å²) in [5.74, 6) is 1.56. The minimum Gasteiger partial charge on any atom is -0.344 e. The normalized spacial score (nSPS) is 24.3. The van der Waals surface area contributed by atoms with Crippen molar-refractivity contribution in [1.29, 1.82) is 0 Å². The van der Waals surface area contributed by atoms with E-state index in [0.717, 1.165) is 25.2 Å². The smallest absolute Gasteiger partial charge is 0.317 e. The van der Waals surface area contributed by atoms with Crippen molar-refractivity contribution in [3.8, 4) is 0 Å². The van der Waals surface area contributed by atoms with Crippen molar-refractivity contribution < 1.29 is 9.59 Å². The molecule has 0 aromatic carbocycles. The average Bonchev–Trinajstić information content (AvgIpc) is 3.08. The van der Waals surface area contributed by atoms with Gasteiger partial charge in [0.25, 0.3) is 0 Å². The second-order valence-electron chi connectivity index (χ2n) is 6.33. The van der Waals surface area contributed by atoms with Crippen molar-refractivity contribution >= 4 is 11.9 Å². The van der Waals surface area contributed by atoms with E-state index in [2.05, 4.69) is 14.9 Å². The Morgan fingerprint density at radius 2 is 2.32 bits per heavy atom. The maximum absolute atomic E-state index is 12.2. The lowest BCUT2D eigenvalue weighted by Crippen LogP contribution is -2.47. The zero-order valence-electron chi connectivity index (χ0n) is 13.2. The largest absolute Gasteiger partial charge is 0.344 e. The molecule has 2 atom stereocenters. The van der Waals surface area contributed by atoms with Gasteiger partial charge in [0.05, 0.1) is 0 Å². The van der Waals surface area contributed by atoms with Crippen LogP contribution in [0.1, 0.15) is 18.7 Å². The van der Waals surface area contributed by atoms with Gasteiger partial charge < -0.3 is 19.7 Å². The maximum atomic E-state index is 12.2. The van der Waals surface area contributed by atoms with Crippen LogP contribution in [-0.4, -0.2) is 64.5 Å². The summed E-state index contributed by atoms with van der Waals surface area (Å²) in [7, 11) is 3.56. The fraction of sp³-hybridized carbons (Fsp3) is 0.667. The molecule has 22 heavy (non-hydrogen) atoms. The lowest BCUT2D eigenvalue weighted by atomic mass is 9.99. The van der Waals surface area contributed by atoms with Crippen molar-refractivity contribution in [2.75, 3.05) is 27.2 Å². The van der Waals surface area contributed by atoms with Crippen LogP contribution in [0.3, 0.4) is 0 Å². The van der Waals surface area contributed by atoms with Gasteiger partial charge in [-0.3, -0.25) is 4.79 Å². The second kappa shape index (κ2) is 5.98. The number of aromatic nitrogens is 2. The molecule has 1 aromatic rings. The fourth-order valence-electron chi connectivity index (χ4n) is 3.27. The summed E-state index contributed by atoms with van der Waals surface area (Å²) in [6, 6.07) is -0.531. The van der Waals surface area contributed by atoms with E-state index in [1.54, 1.807) is 23.9 Å². The van der Waals surface area contributed by atoms with E-state index in [1.807, 2.05) is 12.4 Å². The van der Waals surface area contributed by atoms with Gasteiger partial charge in [0, 0.05) is 52.5 Å². The lowest BCUT2D eigenvalue weighted by Gasteiger charge is -2.28. The Kier molecular flexibility index (Phi) is 4.04. The van der Waals surface area contributed by atoms with E-state index in [0.29, 0.717) is 25.4 Å². The molecule has 3 amide bonds. The van der Waals surface area contributed by atoms with E-state index in [-0.39, 0.29) is 18.0 Å². The van der Waals surface area contributed by atoms with Crippen LogP contribution in [-0.2, 0) is 17.8 Å². The number of aryl methyl sites for hydroxylation is 1. The summed E-state index contributed by atoms with van der Waals surface area (Å²) >= 11 is 0. The van der Waals surface area contributed by atoms with Gasteiger partial charge in [-0.25, -0.2) is 9.78 Å². The molecule has 1 N–H and O–H groups in total.